The molecule has 1 aromatic rings. The van der Waals surface area contributed by atoms with Gasteiger partial charge >= 0.3 is 0 Å². The van der Waals surface area contributed by atoms with Gasteiger partial charge in [-0.3, -0.25) is 0 Å². The van der Waals surface area contributed by atoms with E-state index in [4.69, 9.17) is 4.74 Å². The topological polar surface area (TPSA) is 55.4 Å². The Balaban J connectivity index is 1.76. The fraction of sp³-hybridized carbons (Fsp3) is 0.571. The minimum atomic E-state index is -3.37. The van der Waals surface area contributed by atoms with Crippen molar-refractivity contribution in [3.8, 4) is 0 Å². The maximum absolute atomic E-state index is 12.1. The van der Waals surface area contributed by atoms with Gasteiger partial charge in [0.25, 0.3) is 0 Å². The van der Waals surface area contributed by atoms with Crippen LogP contribution in [-0.2, 0) is 14.8 Å². The SMILES string of the molecule is Cc1ccc(S(=O)(=O)NCCSC2CCOCC2)cc1. The number of hydrogen-bond acceptors (Lipinski definition) is 4. The second-order valence-corrected chi connectivity index (χ2v) is 8.07. The number of thioether (sulfide) groups is 1. The third-order valence-corrected chi connectivity index (χ3v) is 6.11. The molecule has 0 bridgehead atoms. The molecule has 0 spiro atoms. The molecule has 6 heteroatoms. The van der Waals surface area contributed by atoms with E-state index in [0.717, 1.165) is 37.4 Å². The first kappa shape index (κ1) is 15.8. The first-order chi connectivity index (χ1) is 9.58. The fourth-order valence-corrected chi connectivity index (χ4v) is 4.29. The highest BCUT2D eigenvalue weighted by molar-refractivity contribution is 8.00. The van der Waals surface area contributed by atoms with E-state index in [0.29, 0.717) is 16.7 Å². The van der Waals surface area contributed by atoms with Gasteiger partial charge in [0, 0.05) is 30.8 Å². The van der Waals surface area contributed by atoms with E-state index >= 15 is 0 Å². The summed E-state index contributed by atoms with van der Waals surface area (Å²) in [7, 11) is -3.37. The molecular formula is C14H21NO3S2. The minimum absolute atomic E-state index is 0.333. The Hall–Kier alpha value is -0.560. The van der Waals surface area contributed by atoms with Crippen molar-refractivity contribution in [1.29, 1.82) is 0 Å². The van der Waals surface area contributed by atoms with Gasteiger partial charge < -0.3 is 4.74 Å². The summed E-state index contributed by atoms with van der Waals surface area (Å²) >= 11 is 1.83. The Morgan fingerprint density at radius 2 is 1.90 bits per heavy atom. The molecule has 1 aliphatic rings. The number of ether oxygens (including phenoxy) is 1. The molecular weight excluding hydrogens is 294 g/mol. The van der Waals surface area contributed by atoms with E-state index in [-0.39, 0.29) is 0 Å². The van der Waals surface area contributed by atoms with Crippen LogP contribution in [0.5, 0.6) is 0 Å². The lowest BCUT2D eigenvalue weighted by Gasteiger charge is -2.21. The predicted molar refractivity (Wildman–Crippen MR) is 82.7 cm³/mol. The molecule has 1 aromatic carbocycles. The maximum atomic E-state index is 12.1. The number of nitrogens with one attached hydrogen (secondary N) is 1. The number of aryl methyl sites for hydroxylation is 1. The van der Waals surface area contributed by atoms with Crippen LogP contribution in [0.15, 0.2) is 29.2 Å². The zero-order valence-corrected chi connectivity index (χ0v) is 13.3. The first-order valence-corrected chi connectivity index (χ1v) is 9.37. The number of rotatable bonds is 6. The Labute approximate surface area is 125 Å². The third kappa shape index (κ3) is 4.77. The summed E-state index contributed by atoms with van der Waals surface area (Å²) in [6, 6.07) is 6.91. The van der Waals surface area contributed by atoms with Crippen molar-refractivity contribution < 1.29 is 13.2 Å². The molecule has 0 radical (unpaired) electrons. The fourth-order valence-electron chi connectivity index (χ4n) is 2.05. The number of hydrogen-bond donors (Lipinski definition) is 1. The number of benzene rings is 1. The molecule has 1 aliphatic heterocycles. The lowest BCUT2D eigenvalue weighted by molar-refractivity contribution is 0.100. The predicted octanol–water partition coefficient (Wildman–Crippen LogP) is 2.19. The Kier molecular flexibility index (Phi) is 5.89. The molecule has 0 aliphatic carbocycles. The molecule has 2 rings (SSSR count). The van der Waals surface area contributed by atoms with Crippen molar-refractivity contribution >= 4 is 21.8 Å². The van der Waals surface area contributed by atoms with Gasteiger partial charge in [0.2, 0.25) is 10.0 Å². The van der Waals surface area contributed by atoms with E-state index < -0.39 is 10.0 Å². The van der Waals surface area contributed by atoms with E-state index in [9.17, 15) is 8.42 Å². The lowest BCUT2D eigenvalue weighted by Crippen LogP contribution is -2.27. The van der Waals surface area contributed by atoms with Crippen LogP contribution in [0.1, 0.15) is 18.4 Å². The minimum Gasteiger partial charge on any atom is -0.381 e. The van der Waals surface area contributed by atoms with Gasteiger partial charge in [-0.2, -0.15) is 11.8 Å². The molecule has 112 valence electrons. The van der Waals surface area contributed by atoms with Crippen molar-refractivity contribution in [1.82, 2.24) is 4.72 Å². The van der Waals surface area contributed by atoms with Gasteiger partial charge in [0.15, 0.2) is 0 Å². The molecule has 4 nitrogen and oxygen atoms in total. The Morgan fingerprint density at radius 3 is 2.55 bits per heavy atom. The lowest BCUT2D eigenvalue weighted by atomic mass is 10.2. The second kappa shape index (κ2) is 7.45. The van der Waals surface area contributed by atoms with Crippen LogP contribution in [0.4, 0.5) is 0 Å². The van der Waals surface area contributed by atoms with Gasteiger partial charge in [0.05, 0.1) is 4.90 Å². The molecule has 0 amide bonds. The van der Waals surface area contributed by atoms with Crippen LogP contribution in [0.25, 0.3) is 0 Å². The standard InChI is InChI=1S/C14H21NO3S2/c1-12-2-4-14(5-3-12)20(16,17)15-8-11-19-13-6-9-18-10-7-13/h2-5,13,15H,6-11H2,1H3. The molecule has 1 fully saturated rings. The Morgan fingerprint density at radius 1 is 1.25 bits per heavy atom. The summed E-state index contributed by atoms with van der Waals surface area (Å²) in [6.45, 7) is 4.06. The molecule has 1 heterocycles. The zero-order valence-electron chi connectivity index (χ0n) is 11.7. The summed E-state index contributed by atoms with van der Waals surface area (Å²) < 4.78 is 32.1. The van der Waals surface area contributed by atoms with Crippen molar-refractivity contribution in [3.05, 3.63) is 29.8 Å². The highest BCUT2D eigenvalue weighted by atomic mass is 32.2. The average molecular weight is 315 g/mol. The summed E-state index contributed by atoms with van der Waals surface area (Å²) in [6.07, 6.45) is 2.13. The van der Waals surface area contributed by atoms with Gasteiger partial charge in [0.1, 0.15) is 0 Å². The van der Waals surface area contributed by atoms with Crippen LogP contribution >= 0.6 is 11.8 Å². The van der Waals surface area contributed by atoms with Crippen LogP contribution < -0.4 is 4.72 Å². The normalized spacial score (nSPS) is 17.2. The van der Waals surface area contributed by atoms with Crippen LogP contribution in [0.3, 0.4) is 0 Å². The molecule has 1 N–H and O–H groups in total. The molecule has 20 heavy (non-hydrogen) atoms. The Bertz CT molecular complexity index is 508. The summed E-state index contributed by atoms with van der Waals surface area (Å²) in [5, 5.41) is 0.604. The summed E-state index contributed by atoms with van der Waals surface area (Å²) in [4.78, 5) is 0.333. The zero-order chi connectivity index (χ0) is 14.4. The van der Waals surface area contributed by atoms with Crippen LogP contribution in [0.2, 0.25) is 0 Å². The van der Waals surface area contributed by atoms with E-state index in [2.05, 4.69) is 4.72 Å². The smallest absolute Gasteiger partial charge is 0.240 e. The van der Waals surface area contributed by atoms with Gasteiger partial charge in [-0.25, -0.2) is 13.1 Å². The quantitative estimate of drug-likeness (QED) is 0.818. The van der Waals surface area contributed by atoms with E-state index in [1.165, 1.54) is 0 Å². The monoisotopic (exact) mass is 315 g/mol. The summed E-state index contributed by atoms with van der Waals surface area (Å²) in [5.74, 6) is 0.801. The molecule has 1 saturated heterocycles. The van der Waals surface area contributed by atoms with Crippen molar-refractivity contribution in [2.75, 3.05) is 25.5 Å². The number of sulfonamides is 1. The molecule has 0 saturated carbocycles. The van der Waals surface area contributed by atoms with Gasteiger partial charge in [-0.1, -0.05) is 17.7 Å². The second-order valence-electron chi connectivity index (χ2n) is 4.89. The molecule has 0 atom stereocenters. The van der Waals surface area contributed by atoms with Crippen LogP contribution in [0, 0.1) is 6.92 Å². The molecule has 0 aromatic heterocycles. The van der Waals surface area contributed by atoms with Crippen molar-refractivity contribution in [2.45, 2.75) is 29.9 Å². The van der Waals surface area contributed by atoms with Gasteiger partial charge in [-0.15, -0.1) is 0 Å². The van der Waals surface area contributed by atoms with Crippen molar-refractivity contribution in [3.63, 3.8) is 0 Å². The maximum Gasteiger partial charge on any atom is 0.240 e. The van der Waals surface area contributed by atoms with Gasteiger partial charge in [-0.05, 0) is 31.9 Å². The van der Waals surface area contributed by atoms with Crippen molar-refractivity contribution in [2.24, 2.45) is 0 Å². The van der Waals surface area contributed by atoms with E-state index in [1.54, 1.807) is 12.1 Å². The third-order valence-electron chi connectivity index (χ3n) is 3.25. The largest absolute Gasteiger partial charge is 0.381 e. The first-order valence-electron chi connectivity index (χ1n) is 6.83. The average Bonchev–Trinajstić information content (AvgIpc) is 2.45. The molecule has 0 unspecified atom stereocenters. The highest BCUT2D eigenvalue weighted by Gasteiger charge is 2.15. The van der Waals surface area contributed by atoms with Crippen LogP contribution in [-0.4, -0.2) is 39.2 Å². The summed E-state index contributed by atoms with van der Waals surface area (Å²) in [5.41, 5.74) is 1.05. The van der Waals surface area contributed by atoms with E-state index in [1.807, 2.05) is 30.8 Å². The highest BCUT2D eigenvalue weighted by Crippen LogP contribution is 2.21.